The third-order valence-electron chi connectivity index (χ3n) is 3.41. The minimum absolute atomic E-state index is 0.0361. The fourth-order valence-electron chi connectivity index (χ4n) is 2.20. The molecule has 0 spiro atoms. The first kappa shape index (κ1) is 16.3. The second-order valence-electron chi connectivity index (χ2n) is 4.94. The second kappa shape index (κ2) is 7.25. The lowest BCUT2D eigenvalue weighted by atomic mass is 10.1. The summed E-state index contributed by atoms with van der Waals surface area (Å²) in [6.45, 7) is 7.18. The number of ether oxygens (including phenoxy) is 1. The quantitative estimate of drug-likeness (QED) is 0.848. The lowest BCUT2D eigenvalue weighted by molar-refractivity contribution is 0.404. The predicted octanol–water partition coefficient (Wildman–Crippen LogP) is 4.51. The highest BCUT2D eigenvalue weighted by Crippen LogP contribution is 2.37. The maximum atomic E-state index is 6.44. The molecular formula is C16H21ClN2OS. The highest BCUT2D eigenvalue weighted by atomic mass is 35.5. The minimum Gasteiger partial charge on any atom is -0.496 e. The molecule has 2 rings (SSSR count). The number of halogens is 1. The molecule has 1 heterocycles. The number of thiazole rings is 1. The van der Waals surface area contributed by atoms with Crippen LogP contribution >= 0.6 is 22.9 Å². The first-order chi connectivity index (χ1) is 10.1. The summed E-state index contributed by atoms with van der Waals surface area (Å²) in [4.78, 5) is 5.93. The molecule has 1 aromatic carbocycles. The summed E-state index contributed by atoms with van der Waals surface area (Å²) >= 11 is 8.14. The monoisotopic (exact) mass is 324 g/mol. The summed E-state index contributed by atoms with van der Waals surface area (Å²) in [5.41, 5.74) is 2.04. The maximum Gasteiger partial charge on any atom is 0.125 e. The van der Waals surface area contributed by atoms with Gasteiger partial charge in [0.25, 0.3) is 0 Å². The predicted molar refractivity (Wildman–Crippen MR) is 89.7 cm³/mol. The van der Waals surface area contributed by atoms with E-state index >= 15 is 0 Å². The normalized spacial score (nSPS) is 12.4. The summed E-state index contributed by atoms with van der Waals surface area (Å²) in [7, 11) is 1.67. The number of nitrogens with zero attached hydrogens (tertiary/aromatic N) is 1. The first-order valence-corrected chi connectivity index (χ1v) is 8.27. The molecule has 3 nitrogen and oxygen atoms in total. The molecular weight excluding hydrogens is 304 g/mol. The second-order valence-corrected chi connectivity index (χ2v) is 6.58. The topological polar surface area (TPSA) is 34.2 Å². The van der Waals surface area contributed by atoms with Crippen LogP contribution in [0.25, 0.3) is 0 Å². The fourth-order valence-corrected chi connectivity index (χ4v) is 3.48. The Bertz CT molecular complexity index is 593. The van der Waals surface area contributed by atoms with E-state index in [4.69, 9.17) is 21.3 Å². The molecule has 0 saturated heterocycles. The van der Waals surface area contributed by atoms with Gasteiger partial charge in [-0.05, 0) is 38.9 Å². The van der Waals surface area contributed by atoms with Crippen molar-refractivity contribution in [2.75, 3.05) is 13.7 Å². The first-order valence-electron chi connectivity index (χ1n) is 7.08. The Morgan fingerprint density at radius 2 is 2.14 bits per heavy atom. The van der Waals surface area contributed by atoms with Gasteiger partial charge in [-0.3, -0.25) is 0 Å². The van der Waals surface area contributed by atoms with Crippen molar-refractivity contribution in [1.82, 2.24) is 10.3 Å². The van der Waals surface area contributed by atoms with Crippen LogP contribution in [-0.2, 0) is 0 Å². The Morgan fingerprint density at radius 3 is 2.71 bits per heavy atom. The number of aryl methyl sites for hydroxylation is 2. The van der Waals surface area contributed by atoms with Crippen LogP contribution < -0.4 is 10.1 Å². The van der Waals surface area contributed by atoms with Gasteiger partial charge in [-0.25, -0.2) is 4.98 Å². The summed E-state index contributed by atoms with van der Waals surface area (Å²) < 4.78 is 5.50. The van der Waals surface area contributed by atoms with E-state index < -0.39 is 0 Å². The van der Waals surface area contributed by atoms with Crippen molar-refractivity contribution in [2.24, 2.45) is 0 Å². The van der Waals surface area contributed by atoms with Crippen LogP contribution in [0.3, 0.4) is 0 Å². The van der Waals surface area contributed by atoms with Crippen molar-refractivity contribution in [1.29, 1.82) is 0 Å². The van der Waals surface area contributed by atoms with E-state index in [0.717, 1.165) is 35.0 Å². The third-order valence-corrected chi connectivity index (χ3v) is 4.88. The van der Waals surface area contributed by atoms with Crippen LogP contribution in [-0.4, -0.2) is 18.6 Å². The molecule has 114 valence electrons. The van der Waals surface area contributed by atoms with E-state index in [2.05, 4.69) is 19.2 Å². The van der Waals surface area contributed by atoms with Gasteiger partial charge in [-0.1, -0.05) is 24.6 Å². The Labute approximate surface area is 135 Å². The molecule has 2 aromatic rings. The van der Waals surface area contributed by atoms with Gasteiger partial charge in [0.2, 0.25) is 0 Å². The van der Waals surface area contributed by atoms with Crippen LogP contribution in [0.5, 0.6) is 5.75 Å². The van der Waals surface area contributed by atoms with E-state index in [1.807, 2.05) is 25.1 Å². The zero-order chi connectivity index (χ0) is 15.4. The maximum absolute atomic E-state index is 6.44. The average Bonchev–Trinajstić information content (AvgIpc) is 2.80. The van der Waals surface area contributed by atoms with Gasteiger partial charge in [-0.2, -0.15) is 0 Å². The van der Waals surface area contributed by atoms with Crippen molar-refractivity contribution in [3.8, 4) is 5.75 Å². The van der Waals surface area contributed by atoms with E-state index in [-0.39, 0.29) is 6.04 Å². The Hall–Kier alpha value is -1.10. The molecule has 1 atom stereocenters. The van der Waals surface area contributed by atoms with Gasteiger partial charge in [0.05, 0.1) is 18.8 Å². The fraction of sp³-hybridized carbons (Fsp3) is 0.438. The third kappa shape index (κ3) is 3.57. The molecule has 21 heavy (non-hydrogen) atoms. The molecule has 0 amide bonds. The number of hydrogen-bond donors (Lipinski definition) is 1. The van der Waals surface area contributed by atoms with Gasteiger partial charge >= 0.3 is 0 Å². The molecule has 0 radical (unpaired) electrons. The Balaban J connectivity index is 2.50. The smallest absolute Gasteiger partial charge is 0.125 e. The van der Waals surface area contributed by atoms with Crippen LogP contribution in [0, 0.1) is 13.8 Å². The SMILES string of the molecule is CCCNC(c1nc(C)c(C)s1)c1c(Cl)cccc1OC. The summed E-state index contributed by atoms with van der Waals surface area (Å²) in [6, 6.07) is 5.70. The van der Waals surface area contributed by atoms with Crippen molar-refractivity contribution >= 4 is 22.9 Å². The Kier molecular flexibility index (Phi) is 5.62. The minimum atomic E-state index is -0.0361. The summed E-state index contributed by atoms with van der Waals surface area (Å²) in [5, 5.41) is 5.28. The van der Waals surface area contributed by atoms with Gasteiger partial charge in [-0.15, -0.1) is 11.3 Å². The van der Waals surface area contributed by atoms with E-state index in [1.165, 1.54) is 4.88 Å². The highest BCUT2D eigenvalue weighted by Gasteiger charge is 2.24. The van der Waals surface area contributed by atoms with Crippen molar-refractivity contribution < 1.29 is 4.74 Å². The standard InChI is InChI=1S/C16H21ClN2OS/c1-5-9-18-15(16-19-10(2)11(3)21-16)14-12(17)7-6-8-13(14)20-4/h6-8,15,18H,5,9H2,1-4H3. The molecule has 1 aromatic heterocycles. The summed E-state index contributed by atoms with van der Waals surface area (Å²) in [5.74, 6) is 0.793. The van der Waals surface area contributed by atoms with Crippen molar-refractivity contribution in [3.63, 3.8) is 0 Å². The molecule has 5 heteroatoms. The largest absolute Gasteiger partial charge is 0.496 e. The van der Waals surface area contributed by atoms with Crippen LogP contribution in [0.1, 0.15) is 40.5 Å². The van der Waals surface area contributed by atoms with E-state index in [1.54, 1.807) is 18.4 Å². The van der Waals surface area contributed by atoms with Gasteiger partial charge in [0, 0.05) is 15.5 Å². The molecule has 0 aliphatic heterocycles. The van der Waals surface area contributed by atoms with Crippen molar-refractivity contribution in [3.05, 3.63) is 44.4 Å². The average molecular weight is 325 g/mol. The van der Waals surface area contributed by atoms with Crippen LogP contribution in [0.15, 0.2) is 18.2 Å². The Morgan fingerprint density at radius 1 is 1.38 bits per heavy atom. The molecule has 0 saturated carbocycles. The zero-order valence-corrected chi connectivity index (χ0v) is 14.4. The molecule has 0 aliphatic carbocycles. The van der Waals surface area contributed by atoms with Gasteiger partial charge in [0.1, 0.15) is 10.8 Å². The molecule has 0 bridgehead atoms. The van der Waals surface area contributed by atoms with E-state index in [0.29, 0.717) is 5.02 Å². The molecule has 1 unspecified atom stereocenters. The number of aromatic nitrogens is 1. The van der Waals surface area contributed by atoms with Gasteiger partial charge in [0.15, 0.2) is 0 Å². The van der Waals surface area contributed by atoms with Crippen molar-refractivity contribution in [2.45, 2.75) is 33.2 Å². The van der Waals surface area contributed by atoms with Crippen LogP contribution in [0.4, 0.5) is 0 Å². The van der Waals surface area contributed by atoms with Crippen LogP contribution in [0.2, 0.25) is 5.02 Å². The number of nitrogens with one attached hydrogen (secondary N) is 1. The lowest BCUT2D eigenvalue weighted by Gasteiger charge is -2.20. The molecule has 0 aliphatic rings. The van der Waals surface area contributed by atoms with Gasteiger partial charge < -0.3 is 10.1 Å². The number of benzene rings is 1. The number of methoxy groups -OCH3 is 1. The molecule has 1 N–H and O–H groups in total. The van der Waals surface area contributed by atoms with E-state index in [9.17, 15) is 0 Å². The zero-order valence-electron chi connectivity index (χ0n) is 12.9. The molecule has 0 fully saturated rings. The summed E-state index contributed by atoms with van der Waals surface area (Å²) in [6.07, 6.45) is 1.05. The number of hydrogen-bond acceptors (Lipinski definition) is 4. The lowest BCUT2D eigenvalue weighted by Crippen LogP contribution is -2.24. The highest BCUT2D eigenvalue weighted by molar-refractivity contribution is 7.11. The number of rotatable bonds is 6.